The van der Waals surface area contributed by atoms with Crippen LogP contribution in [-0.2, 0) is 0 Å². The summed E-state index contributed by atoms with van der Waals surface area (Å²) in [5.41, 5.74) is 2.22. The molecule has 1 fully saturated rings. The number of nitrogens with one attached hydrogen (secondary N) is 2. The van der Waals surface area contributed by atoms with E-state index in [4.69, 9.17) is 4.42 Å². The number of rotatable bonds is 4. The fraction of sp³-hybridized carbons (Fsp3) is 0.478. The summed E-state index contributed by atoms with van der Waals surface area (Å²) in [5, 5.41) is 6.08. The summed E-state index contributed by atoms with van der Waals surface area (Å²) in [5.74, 6) is 0.290. The summed E-state index contributed by atoms with van der Waals surface area (Å²) in [7, 11) is 0. The van der Waals surface area contributed by atoms with E-state index in [1.54, 1.807) is 18.2 Å². The molecule has 5 nitrogen and oxygen atoms in total. The average molecular weight is 383 g/mol. The minimum Gasteiger partial charge on any atom is -0.459 e. The van der Waals surface area contributed by atoms with Crippen molar-refractivity contribution in [3.8, 4) is 0 Å². The molecule has 2 amide bonds. The highest BCUT2D eigenvalue weighted by Gasteiger charge is 2.35. The third kappa shape index (κ3) is 4.64. The molecule has 1 aliphatic rings. The second kappa shape index (κ2) is 8.21. The van der Waals surface area contributed by atoms with Crippen LogP contribution in [0.4, 0.5) is 5.69 Å². The van der Waals surface area contributed by atoms with Crippen molar-refractivity contribution in [3.05, 3.63) is 53.5 Å². The molecule has 1 saturated carbocycles. The summed E-state index contributed by atoms with van der Waals surface area (Å²) >= 11 is 0. The van der Waals surface area contributed by atoms with Crippen LogP contribution in [0, 0.1) is 18.3 Å². The van der Waals surface area contributed by atoms with E-state index in [9.17, 15) is 9.59 Å². The normalized spacial score (nSPS) is 19.9. The maximum absolute atomic E-state index is 12.9. The number of carbonyl (C=O) groups is 2. The van der Waals surface area contributed by atoms with Gasteiger partial charge in [-0.15, -0.1) is 0 Å². The molecule has 0 saturated heterocycles. The second-order valence-corrected chi connectivity index (χ2v) is 8.80. The highest BCUT2D eigenvalue weighted by Crippen LogP contribution is 2.38. The fourth-order valence-electron chi connectivity index (χ4n) is 4.08. The first-order valence-corrected chi connectivity index (χ1v) is 10.0. The molecule has 0 bridgehead atoms. The van der Waals surface area contributed by atoms with Gasteiger partial charge in [-0.3, -0.25) is 9.59 Å². The second-order valence-electron chi connectivity index (χ2n) is 8.80. The van der Waals surface area contributed by atoms with Gasteiger partial charge in [0.05, 0.1) is 6.26 Å². The standard InChI is InChI=1S/C23H30N2O3/c1-15-11-12-16(14-19(15)25-22(27)20-10-7-13-28-20)21(26)24-18-9-6-5-8-17(18)23(2,3)4/h7,10-14,17-18H,5-6,8-9H2,1-4H3,(H,24,26)(H,25,27). The molecule has 1 aliphatic carbocycles. The third-order valence-electron chi connectivity index (χ3n) is 5.69. The zero-order valence-corrected chi connectivity index (χ0v) is 17.2. The van der Waals surface area contributed by atoms with Crippen LogP contribution < -0.4 is 10.6 Å². The Bertz CT molecular complexity index is 834. The Hall–Kier alpha value is -2.56. The fourth-order valence-corrected chi connectivity index (χ4v) is 4.08. The largest absolute Gasteiger partial charge is 0.459 e. The topological polar surface area (TPSA) is 71.3 Å². The van der Waals surface area contributed by atoms with Crippen molar-refractivity contribution in [2.24, 2.45) is 11.3 Å². The molecule has 28 heavy (non-hydrogen) atoms. The minimum atomic E-state index is -0.328. The molecule has 2 N–H and O–H groups in total. The molecular weight excluding hydrogens is 352 g/mol. The lowest BCUT2D eigenvalue weighted by Crippen LogP contribution is -2.46. The zero-order valence-electron chi connectivity index (χ0n) is 17.2. The molecule has 2 aromatic rings. The van der Waals surface area contributed by atoms with Gasteiger partial charge in [0, 0.05) is 17.3 Å². The van der Waals surface area contributed by atoms with Gasteiger partial charge in [0.25, 0.3) is 11.8 Å². The first-order chi connectivity index (χ1) is 13.3. The van der Waals surface area contributed by atoms with Gasteiger partial charge in [-0.2, -0.15) is 0 Å². The van der Waals surface area contributed by atoms with E-state index in [-0.39, 0.29) is 29.0 Å². The summed E-state index contributed by atoms with van der Waals surface area (Å²) in [6.07, 6.45) is 5.99. The number of aryl methyl sites for hydroxylation is 1. The van der Waals surface area contributed by atoms with Crippen molar-refractivity contribution >= 4 is 17.5 Å². The minimum absolute atomic E-state index is 0.0883. The van der Waals surface area contributed by atoms with Crippen LogP contribution in [0.25, 0.3) is 0 Å². The van der Waals surface area contributed by atoms with Crippen molar-refractivity contribution in [1.82, 2.24) is 5.32 Å². The van der Waals surface area contributed by atoms with E-state index in [1.807, 2.05) is 19.1 Å². The Kier molecular flexibility index (Phi) is 5.92. The van der Waals surface area contributed by atoms with Crippen molar-refractivity contribution in [1.29, 1.82) is 0 Å². The number of amides is 2. The quantitative estimate of drug-likeness (QED) is 0.766. The van der Waals surface area contributed by atoms with Crippen LogP contribution in [0.15, 0.2) is 41.0 Å². The van der Waals surface area contributed by atoms with Crippen molar-refractivity contribution in [2.45, 2.75) is 59.4 Å². The van der Waals surface area contributed by atoms with E-state index in [0.29, 0.717) is 17.2 Å². The van der Waals surface area contributed by atoms with Gasteiger partial charge in [0.2, 0.25) is 0 Å². The SMILES string of the molecule is Cc1ccc(C(=O)NC2CCCCC2C(C)(C)C)cc1NC(=O)c1ccco1. The average Bonchev–Trinajstić information content (AvgIpc) is 3.18. The monoisotopic (exact) mass is 382 g/mol. The number of furan rings is 1. The van der Waals surface area contributed by atoms with Gasteiger partial charge in [-0.25, -0.2) is 0 Å². The lowest BCUT2D eigenvalue weighted by atomic mass is 9.69. The summed E-state index contributed by atoms with van der Waals surface area (Å²) in [6, 6.07) is 8.86. The molecule has 1 aromatic heterocycles. The molecule has 2 atom stereocenters. The van der Waals surface area contributed by atoms with Crippen molar-refractivity contribution < 1.29 is 14.0 Å². The Labute approximate surface area is 166 Å². The van der Waals surface area contributed by atoms with Crippen LogP contribution in [0.3, 0.4) is 0 Å². The number of carbonyl (C=O) groups excluding carboxylic acids is 2. The molecule has 150 valence electrons. The Balaban J connectivity index is 1.74. The lowest BCUT2D eigenvalue weighted by Gasteiger charge is -2.40. The van der Waals surface area contributed by atoms with Gasteiger partial charge < -0.3 is 15.1 Å². The van der Waals surface area contributed by atoms with Crippen molar-refractivity contribution in [2.75, 3.05) is 5.32 Å². The summed E-state index contributed by atoms with van der Waals surface area (Å²) < 4.78 is 5.14. The summed E-state index contributed by atoms with van der Waals surface area (Å²) in [4.78, 5) is 25.2. The lowest BCUT2D eigenvalue weighted by molar-refractivity contribution is 0.0829. The van der Waals surface area contributed by atoms with Gasteiger partial charge in [0.15, 0.2) is 5.76 Å². The number of hydrogen-bond donors (Lipinski definition) is 2. The molecule has 0 radical (unpaired) electrons. The smallest absolute Gasteiger partial charge is 0.291 e. The van der Waals surface area contributed by atoms with E-state index in [1.165, 1.54) is 12.7 Å². The molecule has 0 aliphatic heterocycles. The van der Waals surface area contributed by atoms with Gasteiger partial charge in [-0.05, 0) is 60.9 Å². The van der Waals surface area contributed by atoms with Crippen LogP contribution >= 0.6 is 0 Å². The highest BCUT2D eigenvalue weighted by molar-refractivity contribution is 6.04. The molecular formula is C23H30N2O3. The molecule has 0 spiro atoms. The zero-order chi connectivity index (χ0) is 20.3. The molecule has 1 heterocycles. The Morgan fingerprint density at radius 1 is 1.07 bits per heavy atom. The summed E-state index contributed by atoms with van der Waals surface area (Å²) in [6.45, 7) is 8.64. The molecule has 5 heteroatoms. The maximum Gasteiger partial charge on any atom is 0.291 e. The third-order valence-corrected chi connectivity index (χ3v) is 5.69. The Morgan fingerprint density at radius 3 is 2.50 bits per heavy atom. The molecule has 2 unspecified atom stereocenters. The number of hydrogen-bond acceptors (Lipinski definition) is 3. The van der Waals surface area contributed by atoms with Crippen LogP contribution in [0.5, 0.6) is 0 Å². The van der Waals surface area contributed by atoms with Gasteiger partial charge in [-0.1, -0.05) is 39.7 Å². The van der Waals surface area contributed by atoms with Crippen LogP contribution in [0.1, 0.15) is 72.9 Å². The van der Waals surface area contributed by atoms with Gasteiger partial charge in [0.1, 0.15) is 0 Å². The maximum atomic E-state index is 12.9. The van der Waals surface area contributed by atoms with E-state index >= 15 is 0 Å². The Morgan fingerprint density at radius 2 is 1.82 bits per heavy atom. The number of anilines is 1. The molecule has 3 rings (SSSR count). The number of benzene rings is 1. The predicted octanol–water partition coefficient (Wildman–Crippen LogP) is 5.18. The molecule has 1 aromatic carbocycles. The van der Waals surface area contributed by atoms with E-state index in [0.717, 1.165) is 24.8 Å². The van der Waals surface area contributed by atoms with E-state index in [2.05, 4.69) is 31.4 Å². The van der Waals surface area contributed by atoms with Gasteiger partial charge >= 0.3 is 0 Å². The van der Waals surface area contributed by atoms with Crippen LogP contribution in [0.2, 0.25) is 0 Å². The van der Waals surface area contributed by atoms with E-state index < -0.39 is 0 Å². The predicted molar refractivity (Wildman–Crippen MR) is 111 cm³/mol. The van der Waals surface area contributed by atoms with Crippen molar-refractivity contribution in [3.63, 3.8) is 0 Å². The highest BCUT2D eigenvalue weighted by atomic mass is 16.3. The first kappa shape index (κ1) is 20.2. The van der Waals surface area contributed by atoms with Crippen LogP contribution in [-0.4, -0.2) is 17.9 Å². The first-order valence-electron chi connectivity index (χ1n) is 10.0.